The van der Waals surface area contributed by atoms with Crippen molar-refractivity contribution in [2.24, 2.45) is 0 Å². The number of unbranched alkanes of at least 4 members (excludes halogenated alkanes) is 1. The Bertz CT molecular complexity index is 1220. The van der Waals surface area contributed by atoms with Crippen molar-refractivity contribution in [1.29, 1.82) is 0 Å². The van der Waals surface area contributed by atoms with Crippen molar-refractivity contribution in [3.63, 3.8) is 0 Å². The Kier molecular flexibility index (Phi) is 8.00. The monoisotopic (exact) mass is 520 g/mol. The zero-order valence-electron chi connectivity index (χ0n) is 22.2. The number of ketones is 1. The van der Waals surface area contributed by atoms with Gasteiger partial charge in [0.1, 0.15) is 30.7 Å². The largest absolute Gasteiger partial charge is 0.872 e. The van der Waals surface area contributed by atoms with Crippen LogP contribution in [0.3, 0.4) is 0 Å². The van der Waals surface area contributed by atoms with Crippen molar-refractivity contribution >= 4 is 17.4 Å². The molecular formula is C30H36N2O6. The summed E-state index contributed by atoms with van der Waals surface area (Å²) < 4.78 is 17.2. The van der Waals surface area contributed by atoms with Gasteiger partial charge in [0.25, 0.3) is 5.91 Å². The van der Waals surface area contributed by atoms with Gasteiger partial charge in [0.2, 0.25) is 5.78 Å². The van der Waals surface area contributed by atoms with Crippen LogP contribution >= 0.6 is 0 Å². The molecule has 2 fully saturated rings. The fraction of sp³-hybridized carbons (Fsp3) is 0.467. The summed E-state index contributed by atoms with van der Waals surface area (Å²) in [4.78, 5) is 29.7. The maximum Gasteiger partial charge on any atom is 0.295 e. The summed E-state index contributed by atoms with van der Waals surface area (Å²) in [5.74, 6) is -0.330. The minimum atomic E-state index is -0.763. The van der Waals surface area contributed by atoms with E-state index in [-0.39, 0.29) is 11.7 Å². The average Bonchev–Trinajstić information content (AvgIpc) is 3.43. The molecule has 5 rings (SSSR count). The SMILES string of the molecule is CCCCOc1cccc(C2/C(=C(\[O-])c3ccc4c(c3)CC(C)O4)C(=O)C(=O)N2CC[NH+]2CCOCC2)c1. The molecule has 0 aromatic heterocycles. The maximum atomic E-state index is 13.9. The Labute approximate surface area is 223 Å². The molecule has 2 saturated heterocycles. The third-order valence-electron chi connectivity index (χ3n) is 7.53. The number of ether oxygens (including phenoxy) is 3. The van der Waals surface area contributed by atoms with Crippen molar-refractivity contribution in [3.8, 4) is 11.5 Å². The predicted molar refractivity (Wildman–Crippen MR) is 140 cm³/mol. The fourth-order valence-corrected chi connectivity index (χ4v) is 5.46. The molecule has 8 heteroatoms. The summed E-state index contributed by atoms with van der Waals surface area (Å²) in [6.07, 6.45) is 2.68. The van der Waals surface area contributed by atoms with Gasteiger partial charge in [-0.05, 0) is 54.3 Å². The van der Waals surface area contributed by atoms with Gasteiger partial charge in [0, 0.05) is 12.0 Å². The number of Topliss-reactive ketones (excluding diaryl/α,β-unsaturated/α-hetero) is 1. The lowest BCUT2D eigenvalue weighted by molar-refractivity contribution is -0.907. The van der Waals surface area contributed by atoms with E-state index in [9.17, 15) is 14.7 Å². The quantitative estimate of drug-likeness (QED) is 0.232. The molecular weight excluding hydrogens is 484 g/mol. The Morgan fingerprint density at radius 1 is 1.16 bits per heavy atom. The van der Waals surface area contributed by atoms with Crippen LogP contribution < -0.4 is 19.5 Å². The second-order valence-electron chi connectivity index (χ2n) is 10.3. The molecule has 2 unspecified atom stereocenters. The highest BCUT2D eigenvalue weighted by atomic mass is 16.5. The number of nitrogens with one attached hydrogen (secondary N) is 1. The smallest absolute Gasteiger partial charge is 0.295 e. The number of morpholine rings is 1. The van der Waals surface area contributed by atoms with E-state index < -0.39 is 23.5 Å². The van der Waals surface area contributed by atoms with Gasteiger partial charge in [0.05, 0.1) is 39.0 Å². The van der Waals surface area contributed by atoms with Crippen molar-refractivity contribution < 1.29 is 33.8 Å². The lowest BCUT2D eigenvalue weighted by atomic mass is 9.94. The normalized spacial score (nSPS) is 22.9. The highest BCUT2D eigenvalue weighted by Gasteiger charge is 2.44. The van der Waals surface area contributed by atoms with Crippen molar-refractivity contribution in [2.75, 3.05) is 46.0 Å². The highest BCUT2D eigenvalue weighted by molar-refractivity contribution is 6.46. The van der Waals surface area contributed by atoms with Crippen LogP contribution in [0.25, 0.3) is 5.76 Å². The minimum Gasteiger partial charge on any atom is -0.872 e. The first-order valence-corrected chi connectivity index (χ1v) is 13.7. The topological polar surface area (TPSA) is 92.6 Å². The number of amides is 1. The Morgan fingerprint density at radius 3 is 2.76 bits per heavy atom. The van der Waals surface area contributed by atoms with Crippen LogP contribution in [0.1, 0.15) is 49.4 Å². The molecule has 0 spiro atoms. The molecule has 2 aromatic carbocycles. The lowest BCUT2D eigenvalue weighted by Crippen LogP contribution is -3.14. The Hall–Kier alpha value is -3.36. The van der Waals surface area contributed by atoms with E-state index in [4.69, 9.17) is 14.2 Å². The summed E-state index contributed by atoms with van der Waals surface area (Å²) in [6.45, 7) is 8.78. The molecule has 8 nitrogen and oxygen atoms in total. The number of carbonyl (C=O) groups is 2. The molecule has 0 bridgehead atoms. The molecule has 38 heavy (non-hydrogen) atoms. The number of likely N-dealkylation sites (tertiary alicyclic amines) is 1. The molecule has 3 aliphatic heterocycles. The standard InChI is InChI=1S/C30H36N2O6/c1-3-4-14-37-24-7-5-6-21(19-24)27-26(28(33)22-8-9-25-23(18-22)17-20(2)38-25)29(34)30(35)32(27)11-10-31-12-15-36-16-13-31/h5-9,18-20,27,33H,3-4,10-17H2,1-2H3/b28-26+. The number of hydrogen-bond acceptors (Lipinski definition) is 6. The molecule has 3 aliphatic rings. The van der Waals surface area contributed by atoms with Crippen molar-refractivity contribution in [3.05, 3.63) is 64.7 Å². The summed E-state index contributed by atoms with van der Waals surface area (Å²) in [5, 5.41) is 13.9. The summed E-state index contributed by atoms with van der Waals surface area (Å²) in [7, 11) is 0. The van der Waals surface area contributed by atoms with E-state index in [0.29, 0.717) is 56.2 Å². The Balaban J connectivity index is 1.51. The minimum absolute atomic E-state index is 0.00426. The summed E-state index contributed by atoms with van der Waals surface area (Å²) in [6, 6.07) is 11.9. The number of hydrogen-bond donors (Lipinski definition) is 1. The van der Waals surface area contributed by atoms with Crippen LogP contribution in [0.5, 0.6) is 11.5 Å². The molecule has 2 aromatic rings. The number of benzene rings is 2. The molecule has 1 N–H and O–H groups in total. The molecule has 1 amide bonds. The van der Waals surface area contributed by atoms with Gasteiger partial charge >= 0.3 is 0 Å². The van der Waals surface area contributed by atoms with Crippen LogP contribution in [0.2, 0.25) is 0 Å². The second-order valence-corrected chi connectivity index (χ2v) is 10.3. The molecule has 0 radical (unpaired) electrons. The first-order chi connectivity index (χ1) is 18.5. The zero-order valence-corrected chi connectivity index (χ0v) is 22.2. The van der Waals surface area contributed by atoms with Crippen LogP contribution in [0.4, 0.5) is 0 Å². The second kappa shape index (κ2) is 11.6. The van der Waals surface area contributed by atoms with Crippen LogP contribution in [0, 0.1) is 0 Å². The van der Waals surface area contributed by atoms with E-state index in [1.54, 1.807) is 23.1 Å². The predicted octanol–water partition coefficient (Wildman–Crippen LogP) is 1.33. The zero-order chi connectivity index (χ0) is 26.6. The Morgan fingerprint density at radius 2 is 1.97 bits per heavy atom. The number of carbonyl (C=O) groups excluding carboxylic acids is 2. The fourth-order valence-electron chi connectivity index (χ4n) is 5.46. The third kappa shape index (κ3) is 5.42. The van der Waals surface area contributed by atoms with Gasteiger partial charge in [-0.25, -0.2) is 0 Å². The summed E-state index contributed by atoms with van der Waals surface area (Å²) in [5.41, 5.74) is 2.05. The number of quaternary nitrogens is 1. The van der Waals surface area contributed by atoms with Gasteiger partial charge in [-0.15, -0.1) is 0 Å². The molecule has 0 aliphatic carbocycles. The van der Waals surface area contributed by atoms with Gasteiger partial charge in [0.15, 0.2) is 0 Å². The van der Waals surface area contributed by atoms with Crippen molar-refractivity contribution in [2.45, 2.75) is 45.3 Å². The number of fused-ring (bicyclic) bond motifs is 1. The van der Waals surface area contributed by atoms with Crippen LogP contribution in [-0.2, 0) is 20.7 Å². The number of nitrogens with zero attached hydrogens (tertiary/aromatic N) is 1. The molecule has 2 atom stereocenters. The van der Waals surface area contributed by atoms with Crippen LogP contribution in [0.15, 0.2) is 48.0 Å². The van der Waals surface area contributed by atoms with Gasteiger partial charge < -0.3 is 29.1 Å². The van der Waals surface area contributed by atoms with Crippen LogP contribution in [-0.4, -0.2) is 68.7 Å². The number of rotatable bonds is 9. The maximum absolute atomic E-state index is 13.9. The van der Waals surface area contributed by atoms with Crippen molar-refractivity contribution in [1.82, 2.24) is 4.90 Å². The van der Waals surface area contributed by atoms with Gasteiger partial charge in [-0.1, -0.05) is 37.3 Å². The highest BCUT2D eigenvalue weighted by Crippen LogP contribution is 2.40. The molecule has 3 heterocycles. The first-order valence-electron chi connectivity index (χ1n) is 13.7. The van der Waals surface area contributed by atoms with E-state index in [1.807, 2.05) is 31.2 Å². The van der Waals surface area contributed by atoms with Gasteiger partial charge in [-0.2, -0.15) is 0 Å². The van der Waals surface area contributed by atoms with Gasteiger partial charge in [-0.3, -0.25) is 9.59 Å². The van der Waals surface area contributed by atoms with E-state index in [1.165, 1.54) is 4.90 Å². The van der Waals surface area contributed by atoms with E-state index in [2.05, 4.69) is 6.92 Å². The molecule has 0 saturated carbocycles. The third-order valence-corrected chi connectivity index (χ3v) is 7.53. The average molecular weight is 521 g/mol. The summed E-state index contributed by atoms with van der Waals surface area (Å²) >= 11 is 0. The van der Waals surface area contributed by atoms with E-state index in [0.717, 1.165) is 37.2 Å². The first kappa shape index (κ1) is 26.3. The molecule has 202 valence electrons. The van der Waals surface area contributed by atoms with E-state index >= 15 is 0 Å². The lowest BCUT2D eigenvalue weighted by Gasteiger charge is -2.30.